The average Bonchev–Trinajstić information content (AvgIpc) is 3.00. The SMILES string of the molecule is C=CC(=O)Nc1cc2c(Nc3ccc(OCc4cccc(F)n4)c(Cl)c3)ncnc2cc1OCCCN1CCOC[C@@H]1C. The van der Waals surface area contributed by atoms with Crippen molar-refractivity contribution in [3.05, 3.63) is 84.2 Å². The molecule has 224 valence electrons. The van der Waals surface area contributed by atoms with E-state index in [1.165, 1.54) is 18.5 Å². The third kappa shape index (κ3) is 7.95. The molecule has 0 radical (unpaired) electrons. The van der Waals surface area contributed by atoms with Crippen molar-refractivity contribution in [2.45, 2.75) is 26.0 Å². The number of carbonyl (C=O) groups is 1. The van der Waals surface area contributed by atoms with Crippen LogP contribution in [-0.4, -0.2) is 64.7 Å². The van der Waals surface area contributed by atoms with E-state index in [4.69, 9.17) is 25.8 Å². The van der Waals surface area contributed by atoms with Crippen LogP contribution in [0.3, 0.4) is 0 Å². The highest BCUT2D eigenvalue weighted by Crippen LogP contribution is 2.35. The van der Waals surface area contributed by atoms with E-state index < -0.39 is 5.95 Å². The van der Waals surface area contributed by atoms with Gasteiger partial charge in [-0.2, -0.15) is 4.39 Å². The third-order valence-electron chi connectivity index (χ3n) is 6.88. The molecule has 1 amide bonds. The number of fused-ring (bicyclic) bond motifs is 1. The first-order valence-electron chi connectivity index (χ1n) is 13.9. The quantitative estimate of drug-likeness (QED) is 0.118. The van der Waals surface area contributed by atoms with E-state index in [1.54, 1.807) is 42.5 Å². The van der Waals surface area contributed by atoms with Crippen LogP contribution in [0.5, 0.6) is 11.5 Å². The fraction of sp³-hybridized carbons (Fsp3) is 0.290. The van der Waals surface area contributed by atoms with Crippen molar-refractivity contribution in [2.24, 2.45) is 0 Å². The summed E-state index contributed by atoms with van der Waals surface area (Å²) in [6, 6.07) is 13.6. The Hall–Kier alpha value is -4.32. The molecule has 5 rings (SSSR count). The first kappa shape index (κ1) is 30.1. The van der Waals surface area contributed by atoms with Gasteiger partial charge in [0, 0.05) is 36.3 Å². The fourth-order valence-electron chi connectivity index (χ4n) is 4.64. The molecular formula is C31H32ClFN6O4. The summed E-state index contributed by atoms with van der Waals surface area (Å²) in [4.78, 5) is 27.3. The molecule has 0 aliphatic carbocycles. The van der Waals surface area contributed by atoms with Crippen molar-refractivity contribution in [1.82, 2.24) is 19.9 Å². The third-order valence-corrected chi connectivity index (χ3v) is 7.17. The summed E-state index contributed by atoms with van der Waals surface area (Å²) >= 11 is 6.47. The predicted octanol–water partition coefficient (Wildman–Crippen LogP) is 5.75. The van der Waals surface area contributed by atoms with Gasteiger partial charge < -0.3 is 24.8 Å². The zero-order chi connectivity index (χ0) is 30.2. The minimum absolute atomic E-state index is 0.0662. The number of halogens is 2. The number of carbonyl (C=O) groups excluding carboxylic acids is 1. The first-order valence-corrected chi connectivity index (χ1v) is 14.2. The summed E-state index contributed by atoms with van der Waals surface area (Å²) in [5.41, 5.74) is 2.19. The van der Waals surface area contributed by atoms with Gasteiger partial charge in [0.15, 0.2) is 0 Å². The molecule has 4 aromatic rings. The monoisotopic (exact) mass is 606 g/mol. The van der Waals surface area contributed by atoms with E-state index in [9.17, 15) is 9.18 Å². The molecule has 43 heavy (non-hydrogen) atoms. The summed E-state index contributed by atoms with van der Waals surface area (Å²) in [6.45, 7) is 9.50. The second-order valence-corrected chi connectivity index (χ2v) is 10.4. The molecule has 0 saturated carbocycles. The van der Waals surface area contributed by atoms with Gasteiger partial charge in [0.1, 0.15) is 30.3 Å². The fourth-order valence-corrected chi connectivity index (χ4v) is 4.88. The van der Waals surface area contributed by atoms with E-state index >= 15 is 0 Å². The van der Waals surface area contributed by atoms with Crippen LogP contribution in [0, 0.1) is 5.95 Å². The smallest absolute Gasteiger partial charge is 0.247 e. The van der Waals surface area contributed by atoms with E-state index in [0.29, 0.717) is 63.0 Å². The van der Waals surface area contributed by atoms with Gasteiger partial charge in [-0.25, -0.2) is 15.0 Å². The van der Waals surface area contributed by atoms with Crippen molar-refractivity contribution >= 4 is 45.6 Å². The Morgan fingerprint density at radius 2 is 2.09 bits per heavy atom. The van der Waals surface area contributed by atoms with E-state index in [2.05, 4.69) is 44.0 Å². The largest absolute Gasteiger partial charge is 0.491 e. The number of rotatable bonds is 12. The molecular weight excluding hydrogens is 575 g/mol. The number of aromatic nitrogens is 3. The zero-order valence-corrected chi connectivity index (χ0v) is 24.4. The Morgan fingerprint density at radius 3 is 2.88 bits per heavy atom. The number of morpholine rings is 1. The van der Waals surface area contributed by atoms with Crippen LogP contribution in [0.2, 0.25) is 5.02 Å². The number of benzene rings is 2. The van der Waals surface area contributed by atoms with Gasteiger partial charge in [-0.05, 0) is 55.8 Å². The van der Waals surface area contributed by atoms with Gasteiger partial charge in [0.05, 0.1) is 41.7 Å². The molecule has 1 aliphatic rings. The Morgan fingerprint density at radius 1 is 1.21 bits per heavy atom. The summed E-state index contributed by atoms with van der Waals surface area (Å²) in [6.07, 6.45) is 3.46. The van der Waals surface area contributed by atoms with Crippen LogP contribution in [0.1, 0.15) is 19.0 Å². The summed E-state index contributed by atoms with van der Waals surface area (Å²) in [5.74, 6) is 0.479. The van der Waals surface area contributed by atoms with E-state index in [-0.39, 0.29) is 12.5 Å². The summed E-state index contributed by atoms with van der Waals surface area (Å²) < 4.78 is 30.7. The summed E-state index contributed by atoms with van der Waals surface area (Å²) in [7, 11) is 0. The maximum absolute atomic E-state index is 13.4. The standard InChI is InChI=1S/C31H32ClFN6O4/c1-3-30(40)38-26-15-23-25(16-28(26)42-12-5-10-39-11-13-41-17-20(39)2)34-19-35-31(23)37-21-8-9-27(24(32)14-21)43-18-22-6-4-7-29(33)36-22/h3-4,6-9,14-16,19-20H,1,5,10-13,17-18H2,2H3,(H,38,40)(H,34,35,37)/t20-/m0/s1. The lowest BCUT2D eigenvalue weighted by Gasteiger charge is -2.33. The second kappa shape index (κ2) is 14.2. The van der Waals surface area contributed by atoms with Crippen LogP contribution < -0.4 is 20.1 Å². The van der Waals surface area contributed by atoms with Gasteiger partial charge in [-0.3, -0.25) is 9.69 Å². The second-order valence-electron chi connectivity index (χ2n) is 9.95. The number of amides is 1. The highest BCUT2D eigenvalue weighted by Gasteiger charge is 2.18. The lowest BCUT2D eigenvalue weighted by molar-refractivity contribution is -0.111. The van der Waals surface area contributed by atoms with Crippen LogP contribution in [0.25, 0.3) is 10.9 Å². The molecule has 0 spiro atoms. The number of ether oxygens (including phenoxy) is 3. The number of anilines is 3. The van der Waals surface area contributed by atoms with E-state index in [0.717, 1.165) is 32.7 Å². The minimum Gasteiger partial charge on any atom is -0.491 e. The Balaban J connectivity index is 1.31. The van der Waals surface area contributed by atoms with Gasteiger partial charge in [0.2, 0.25) is 11.9 Å². The number of nitrogens with zero attached hydrogens (tertiary/aromatic N) is 4. The van der Waals surface area contributed by atoms with Gasteiger partial charge in [-0.1, -0.05) is 24.2 Å². The topological polar surface area (TPSA) is 111 Å². The Bertz CT molecular complexity index is 1610. The van der Waals surface area contributed by atoms with Crippen LogP contribution in [0.4, 0.5) is 21.6 Å². The van der Waals surface area contributed by atoms with Gasteiger partial charge in [0.25, 0.3) is 0 Å². The van der Waals surface area contributed by atoms with Crippen LogP contribution in [0.15, 0.2) is 67.5 Å². The lowest BCUT2D eigenvalue weighted by atomic mass is 10.1. The van der Waals surface area contributed by atoms with Crippen molar-refractivity contribution < 1.29 is 23.4 Å². The van der Waals surface area contributed by atoms with Crippen LogP contribution in [-0.2, 0) is 16.1 Å². The molecule has 2 aromatic carbocycles. The minimum atomic E-state index is -0.576. The normalized spacial score (nSPS) is 15.2. The zero-order valence-electron chi connectivity index (χ0n) is 23.7. The summed E-state index contributed by atoms with van der Waals surface area (Å²) in [5, 5.41) is 7.10. The number of hydrogen-bond acceptors (Lipinski definition) is 9. The number of hydrogen-bond donors (Lipinski definition) is 2. The Kier molecular flexibility index (Phi) is 9.98. The molecule has 0 bridgehead atoms. The van der Waals surface area contributed by atoms with Crippen molar-refractivity contribution in [3.8, 4) is 11.5 Å². The van der Waals surface area contributed by atoms with Crippen molar-refractivity contribution in [2.75, 3.05) is 43.5 Å². The maximum Gasteiger partial charge on any atom is 0.247 e. The number of pyridine rings is 1. The first-order chi connectivity index (χ1) is 20.9. The highest BCUT2D eigenvalue weighted by atomic mass is 35.5. The average molecular weight is 607 g/mol. The van der Waals surface area contributed by atoms with Gasteiger partial charge in [-0.15, -0.1) is 0 Å². The molecule has 2 aromatic heterocycles. The van der Waals surface area contributed by atoms with Crippen LogP contribution >= 0.6 is 11.6 Å². The molecule has 3 heterocycles. The molecule has 1 fully saturated rings. The molecule has 0 unspecified atom stereocenters. The molecule has 12 heteroatoms. The molecule has 2 N–H and O–H groups in total. The molecule has 1 saturated heterocycles. The Labute approximate surface area is 253 Å². The number of nitrogens with one attached hydrogen (secondary N) is 2. The van der Waals surface area contributed by atoms with Crippen molar-refractivity contribution in [3.63, 3.8) is 0 Å². The lowest BCUT2D eigenvalue weighted by Crippen LogP contribution is -2.44. The van der Waals surface area contributed by atoms with Crippen molar-refractivity contribution in [1.29, 1.82) is 0 Å². The van der Waals surface area contributed by atoms with Gasteiger partial charge >= 0.3 is 0 Å². The molecule has 10 nitrogen and oxygen atoms in total. The van der Waals surface area contributed by atoms with E-state index in [1.807, 2.05) is 0 Å². The molecule has 1 aliphatic heterocycles. The maximum atomic E-state index is 13.4. The highest BCUT2D eigenvalue weighted by molar-refractivity contribution is 6.32. The molecule has 1 atom stereocenters. The predicted molar refractivity (Wildman–Crippen MR) is 164 cm³/mol.